The topological polar surface area (TPSA) is 141 Å². The number of rotatable bonds is 5. The van der Waals surface area contributed by atoms with Gasteiger partial charge in [0.05, 0.1) is 27.1 Å². The van der Waals surface area contributed by atoms with Crippen molar-refractivity contribution in [2.75, 3.05) is 11.9 Å². The Kier molecular flexibility index (Phi) is 4.81. The second kappa shape index (κ2) is 7.23. The summed E-state index contributed by atoms with van der Waals surface area (Å²) in [5.74, 6) is -0.470. The second-order valence-electron chi connectivity index (χ2n) is 5.86. The fourth-order valence-corrected chi connectivity index (χ4v) is 2.57. The summed E-state index contributed by atoms with van der Waals surface area (Å²) in [5, 5.41) is 21.6. The van der Waals surface area contributed by atoms with E-state index >= 15 is 0 Å². The van der Waals surface area contributed by atoms with E-state index in [0.717, 1.165) is 10.6 Å². The van der Waals surface area contributed by atoms with Gasteiger partial charge in [-0.3, -0.25) is 34.4 Å². The number of nitro benzene ring substituents is 2. The standard InChI is InChI=1S/C17H13N5O6/c1-19(11-2-4-12(5-3-11)21(25)26)16(23)9-20-10-18-15-7-6-13(22(27)28)8-14(15)17(20)24/h2-8,10H,9H2,1H3. The summed E-state index contributed by atoms with van der Waals surface area (Å²) in [6.45, 7) is -0.349. The van der Waals surface area contributed by atoms with Crippen LogP contribution >= 0.6 is 0 Å². The quantitative estimate of drug-likeness (QED) is 0.483. The SMILES string of the molecule is CN(C(=O)Cn1cnc2ccc([N+](=O)[O-])cc2c1=O)c1ccc([N+](=O)[O-])cc1. The Hall–Kier alpha value is -4.15. The van der Waals surface area contributed by atoms with Crippen LogP contribution in [0.15, 0.2) is 53.6 Å². The van der Waals surface area contributed by atoms with Crippen molar-refractivity contribution in [3.8, 4) is 0 Å². The minimum atomic E-state index is -0.621. The van der Waals surface area contributed by atoms with Crippen LogP contribution in [0.4, 0.5) is 17.1 Å². The van der Waals surface area contributed by atoms with Crippen LogP contribution in [0.2, 0.25) is 0 Å². The Morgan fingerprint density at radius 3 is 2.29 bits per heavy atom. The Balaban J connectivity index is 1.87. The fourth-order valence-electron chi connectivity index (χ4n) is 2.57. The molecule has 3 aromatic rings. The van der Waals surface area contributed by atoms with E-state index in [1.54, 1.807) is 0 Å². The minimum Gasteiger partial charge on any atom is -0.314 e. The van der Waals surface area contributed by atoms with Crippen LogP contribution in [-0.2, 0) is 11.3 Å². The lowest BCUT2D eigenvalue weighted by Gasteiger charge is -2.17. The first-order valence-electron chi connectivity index (χ1n) is 7.92. The van der Waals surface area contributed by atoms with Gasteiger partial charge in [-0.25, -0.2) is 4.98 Å². The van der Waals surface area contributed by atoms with Crippen molar-refractivity contribution < 1.29 is 14.6 Å². The molecule has 1 amide bonds. The predicted octanol–water partition coefficient (Wildman–Crippen LogP) is 1.88. The number of non-ortho nitro benzene ring substituents is 2. The van der Waals surface area contributed by atoms with E-state index in [4.69, 9.17) is 0 Å². The molecule has 0 fully saturated rings. The van der Waals surface area contributed by atoms with Gasteiger partial charge in [-0.15, -0.1) is 0 Å². The summed E-state index contributed by atoms with van der Waals surface area (Å²) in [5.41, 5.74) is -0.255. The van der Waals surface area contributed by atoms with E-state index in [1.807, 2.05) is 0 Å². The molecule has 0 saturated heterocycles. The molecule has 2 aromatic carbocycles. The number of benzene rings is 2. The van der Waals surface area contributed by atoms with Gasteiger partial charge in [0.1, 0.15) is 6.54 Å². The third-order valence-corrected chi connectivity index (χ3v) is 4.15. The highest BCUT2D eigenvalue weighted by atomic mass is 16.6. The van der Waals surface area contributed by atoms with Gasteiger partial charge in [0, 0.05) is 37.0 Å². The van der Waals surface area contributed by atoms with Crippen LogP contribution in [0.1, 0.15) is 0 Å². The molecular formula is C17H13N5O6. The zero-order valence-electron chi connectivity index (χ0n) is 14.5. The van der Waals surface area contributed by atoms with Crippen LogP contribution in [0.5, 0.6) is 0 Å². The van der Waals surface area contributed by atoms with Crippen molar-refractivity contribution in [2.24, 2.45) is 0 Å². The minimum absolute atomic E-state index is 0.0301. The molecule has 1 aromatic heterocycles. The third kappa shape index (κ3) is 3.53. The number of amides is 1. The molecule has 142 valence electrons. The number of aromatic nitrogens is 2. The number of nitro groups is 2. The van der Waals surface area contributed by atoms with Crippen molar-refractivity contribution in [2.45, 2.75) is 6.54 Å². The molecular weight excluding hydrogens is 370 g/mol. The molecule has 0 spiro atoms. The van der Waals surface area contributed by atoms with E-state index in [2.05, 4.69) is 4.98 Å². The number of hydrogen-bond donors (Lipinski definition) is 0. The molecule has 1 heterocycles. The average molecular weight is 383 g/mol. The van der Waals surface area contributed by atoms with Crippen molar-refractivity contribution in [3.05, 3.63) is 79.4 Å². The number of hydrogen-bond acceptors (Lipinski definition) is 7. The van der Waals surface area contributed by atoms with Crippen LogP contribution in [0.25, 0.3) is 10.9 Å². The predicted molar refractivity (Wildman–Crippen MR) is 99.2 cm³/mol. The van der Waals surface area contributed by atoms with E-state index in [1.165, 1.54) is 54.7 Å². The van der Waals surface area contributed by atoms with Crippen molar-refractivity contribution in [3.63, 3.8) is 0 Å². The number of anilines is 1. The lowest BCUT2D eigenvalue weighted by Crippen LogP contribution is -2.34. The molecule has 0 N–H and O–H groups in total. The molecule has 0 aliphatic heterocycles. The van der Waals surface area contributed by atoms with Crippen molar-refractivity contribution >= 4 is 33.9 Å². The van der Waals surface area contributed by atoms with Crippen molar-refractivity contribution in [1.82, 2.24) is 9.55 Å². The van der Waals surface area contributed by atoms with Gasteiger partial charge in [-0.2, -0.15) is 0 Å². The summed E-state index contributed by atoms with van der Waals surface area (Å²) in [4.78, 5) is 50.8. The number of likely N-dealkylation sites (N-methyl/N-ethyl adjacent to an activating group) is 1. The maximum Gasteiger partial charge on any atom is 0.270 e. The maximum absolute atomic E-state index is 12.6. The normalized spacial score (nSPS) is 10.6. The van der Waals surface area contributed by atoms with E-state index < -0.39 is 21.3 Å². The molecule has 3 rings (SSSR count). The molecule has 0 aliphatic rings. The third-order valence-electron chi connectivity index (χ3n) is 4.15. The van der Waals surface area contributed by atoms with E-state index in [0.29, 0.717) is 5.69 Å². The molecule has 28 heavy (non-hydrogen) atoms. The van der Waals surface area contributed by atoms with Gasteiger partial charge in [-0.05, 0) is 18.2 Å². The first kappa shape index (κ1) is 18.6. The van der Waals surface area contributed by atoms with Gasteiger partial charge >= 0.3 is 0 Å². The van der Waals surface area contributed by atoms with Gasteiger partial charge in [-0.1, -0.05) is 0 Å². The van der Waals surface area contributed by atoms with Crippen LogP contribution in [0, 0.1) is 20.2 Å². The number of nitrogens with zero attached hydrogens (tertiary/aromatic N) is 5. The van der Waals surface area contributed by atoms with Gasteiger partial charge in [0.25, 0.3) is 16.9 Å². The fraction of sp³-hybridized carbons (Fsp3) is 0.118. The first-order valence-corrected chi connectivity index (χ1v) is 7.92. The van der Waals surface area contributed by atoms with E-state index in [-0.39, 0.29) is 28.8 Å². The largest absolute Gasteiger partial charge is 0.314 e. The van der Waals surface area contributed by atoms with Gasteiger partial charge in [0.2, 0.25) is 5.91 Å². The molecule has 0 bridgehead atoms. The Morgan fingerprint density at radius 2 is 1.68 bits per heavy atom. The molecule has 0 unspecified atom stereocenters. The van der Waals surface area contributed by atoms with Gasteiger partial charge < -0.3 is 4.90 Å². The lowest BCUT2D eigenvalue weighted by molar-refractivity contribution is -0.385. The maximum atomic E-state index is 12.6. The van der Waals surface area contributed by atoms with Crippen LogP contribution in [-0.4, -0.2) is 32.4 Å². The van der Waals surface area contributed by atoms with Gasteiger partial charge in [0.15, 0.2) is 0 Å². The average Bonchev–Trinajstić information content (AvgIpc) is 2.69. The second-order valence-corrected chi connectivity index (χ2v) is 5.86. The Bertz CT molecular complexity index is 1150. The zero-order valence-corrected chi connectivity index (χ0v) is 14.5. The molecule has 0 saturated carbocycles. The number of carbonyl (C=O) groups is 1. The molecule has 0 aliphatic carbocycles. The van der Waals surface area contributed by atoms with E-state index in [9.17, 15) is 29.8 Å². The number of fused-ring (bicyclic) bond motifs is 1. The smallest absolute Gasteiger partial charge is 0.270 e. The summed E-state index contributed by atoms with van der Waals surface area (Å²) in [7, 11) is 1.47. The summed E-state index contributed by atoms with van der Waals surface area (Å²) < 4.78 is 1.05. The first-order chi connectivity index (χ1) is 13.3. The molecule has 0 atom stereocenters. The molecule has 11 heteroatoms. The highest BCUT2D eigenvalue weighted by Gasteiger charge is 2.16. The monoisotopic (exact) mass is 383 g/mol. The highest BCUT2D eigenvalue weighted by molar-refractivity contribution is 5.93. The Morgan fingerprint density at radius 1 is 1.07 bits per heavy atom. The van der Waals surface area contributed by atoms with Crippen LogP contribution < -0.4 is 10.5 Å². The molecule has 11 nitrogen and oxygen atoms in total. The summed E-state index contributed by atoms with van der Waals surface area (Å²) in [6.07, 6.45) is 1.19. The molecule has 0 radical (unpaired) electrons. The highest BCUT2D eigenvalue weighted by Crippen LogP contribution is 2.19. The lowest BCUT2D eigenvalue weighted by atomic mass is 10.2. The number of carbonyl (C=O) groups excluding carboxylic acids is 1. The van der Waals surface area contributed by atoms with Crippen LogP contribution in [0.3, 0.4) is 0 Å². The summed E-state index contributed by atoms with van der Waals surface area (Å²) in [6, 6.07) is 9.09. The van der Waals surface area contributed by atoms with Crippen molar-refractivity contribution in [1.29, 1.82) is 0 Å². The Labute approximate surface area is 156 Å². The summed E-state index contributed by atoms with van der Waals surface area (Å²) >= 11 is 0. The zero-order chi connectivity index (χ0) is 20.4.